The van der Waals surface area contributed by atoms with Crippen molar-refractivity contribution in [2.75, 3.05) is 0 Å². The second-order valence-electron chi connectivity index (χ2n) is 3.91. The van der Waals surface area contributed by atoms with Crippen LogP contribution in [0.1, 0.15) is 0 Å². The van der Waals surface area contributed by atoms with E-state index in [1.54, 1.807) is 6.07 Å². The van der Waals surface area contributed by atoms with Crippen LogP contribution >= 0.6 is 0 Å². The maximum absolute atomic E-state index is 11.3. The number of hydrogen-bond donors (Lipinski definition) is 4. The van der Waals surface area contributed by atoms with Crippen molar-refractivity contribution >= 4 is 29.9 Å². The Hall–Kier alpha value is -2.08. The van der Waals surface area contributed by atoms with Gasteiger partial charge in [0.1, 0.15) is 0 Å². The van der Waals surface area contributed by atoms with Gasteiger partial charge in [0.25, 0.3) is 0 Å². The molecule has 0 unspecified atom stereocenters. The Balaban J connectivity index is 2.40. The first-order valence-corrected chi connectivity index (χ1v) is 8.85. The Bertz CT molecular complexity index is 711. The SMILES string of the molecule is O=[As](O)(O)c1ccccc1N=Nc1ccc(O)cc1O. The second kappa shape index (κ2) is 5.50. The van der Waals surface area contributed by atoms with Crippen molar-refractivity contribution in [3.8, 4) is 11.5 Å². The van der Waals surface area contributed by atoms with E-state index in [1.165, 1.54) is 30.3 Å². The summed E-state index contributed by atoms with van der Waals surface area (Å²) in [7, 11) is 0. The molecule has 2 aromatic carbocycles. The van der Waals surface area contributed by atoms with Crippen LogP contribution in [0.2, 0.25) is 0 Å². The molecule has 7 nitrogen and oxygen atoms in total. The molecule has 0 fully saturated rings. The van der Waals surface area contributed by atoms with Crippen molar-refractivity contribution in [1.29, 1.82) is 0 Å². The number of phenolic OH excluding ortho intramolecular Hbond substituents is 2. The molecule has 0 aliphatic carbocycles. The predicted molar refractivity (Wildman–Crippen MR) is 70.9 cm³/mol. The van der Waals surface area contributed by atoms with Gasteiger partial charge >= 0.3 is 116 Å². The molecule has 0 saturated heterocycles. The summed E-state index contributed by atoms with van der Waals surface area (Å²) in [5.41, 5.74) is 0.114. The van der Waals surface area contributed by atoms with Crippen LogP contribution in [-0.4, -0.2) is 32.6 Å². The van der Waals surface area contributed by atoms with E-state index >= 15 is 0 Å². The number of hydrogen-bond acceptors (Lipinski definition) is 5. The maximum atomic E-state index is 11.3. The van der Waals surface area contributed by atoms with Crippen molar-refractivity contribution in [2.45, 2.75) is 0 Å². The van der Waals surface area contributed by atoms with Crippen LogP contribution < -0.4 is 4.35 Å². The van der Waals surface area contributed by atoms with E-state index in [-0.39, 0.29) is 27.2 Å². The summed E-state index contributed by atoms with van der Waals surface area (Å²) >= 11 is -5.09. The van der Waals surface area contributed by atoms with Crippen molar-refractivity contribution in [1.82, 2.24) is 0 Å². The third-order valence-corrected chi connectivity index (χ3v) is 4.53. The number of nitrogens with zero attached hydrogens (tertiary/aromatic N) is 2. The fourth-order valence-corrected chi connectivity index (χ4v) is 2.96. The molecule has 0 heterocycles. The molecule has 0 radical (unpaired) electrons. The molecule has 0 bridgehead atoms. The van der Waals surface area contributed by atoms with Crippen LogP contribution in [0.15, 0.2) is 52.7 Å². The molecule has 0 spiro atoms. The molecule has 0 aliphatic heterocycles. The average Bonchev–Trinajstić information content (AvgIpc) is 2.37. The molecule has 2 rings (SSSR count). The van der Waals surface area contributed by atoms with Crippen LogP contribution in [0.5, 0.6) is 11.5 Å². The zero-order chi connectivity index (χ0) is 14.8. The van der Waals surface area contributed by atoms with E-state index in [2.05, 4.69) is 10.2 Å². The number of phenols is 2. The fourth-order valence-electron chi connectivity index (χ4n) is 1.50. The van der Waals surface area contributed by atoms with Crippen LogP contribution in [0.4, 0.5) is 11.4 Å². The summed E-state index contributed by atoms with van der Waals surface area (Å²) < 4.78 is 29.7. The normalized spacial score (nSPS) is 11.9. The van der Waals surface area contributed by atoms with Gasteiger partial charge in [-0.3, -0.25) is 0 Å². The Morgan fingerprint density at radius 2 is 1.55 bits per heavy atom. The van der Waals surface area contributed by atoms with Gasteiger partial charge in [-0.25, -0.2) is 0 Å². The number of aromatic hydroxyl groups is 2. The molecule has 8 heteroatoms. The van der Waals surface area contributed by atoms with E-state index in [1.807, 2.05) is 0 Å². The van der Waals surface area contributed by atoms with Crippen molar-refractivity contribution in [3.63, 3.8) is 0 Å². The van der Waals surface area contributed by atoms with Gasteiger partial charge in [-0.05, 0) is 0 Å². The van der Waals surface area contributed by atoms with Gasteiger partial charge in [0.15, 0.2) is 0 Å². The molecular formula is C12H11AsN2O5. The number of azo groups is 1. The first-order valence-electron chi connectivity index (χ1n) is 5.47. The molecule has 104 valence electrons. The minimum absolute atomic E-state index is 0.0347. The van der Waals surface area contributed by atoms with Crippen molar-refractivity contribution in [3.05, 3.63) is 42.5 Å². The number of rotatable bonds is 3. The van der Waals surface area contributed by atoms with Gasteiger partial charge in [0, 0.05) is 0 Å². The molecule has 4 N–H and O–H groups in total. The third kappa shape index (κ3) is 3.27. The quantitative estimate of drug-likeness (QED) is 0.493. The van der Waals surface area contributed by atoms with E-state index in [0.717, 1.165) is 6.07 Å². The molecule has 0 aliphatic rings. The van der Waals surface area contributed by atoms with Crippen molar-refractivity contribution in [2.24, 2.45) is 10.2 Å². The van der Waals surface area contributed by atoms with Crippen LogP contribution in [0.3, 0.4) is 0 Å². The Labute approximate surface area is 116 Å². The third-order valence-electron chi connectivity index (χ3n) is 2.42. The summed E-state index contributed by atoms with van der Waals surface area (Å²) in [5, 5.41) is 26.1. The summed E-state index contributed by atoms with van der Waals surface area (Å²) in [5.74, 6) is -0.409. The average molecular weight is 338 g/mol. The first kappa shape index (κ1) is 14.3. The molecule has 0 amide bonds. The van der Waals surface area contributed by atoms with E-state index < -0.39 is 14.2 Å². The van der Waals surface area contributed by atoms with Crippen LogP contribution in [0, 0.1) is 0 Å². The first-order chi connectivity index (χ1) is 9.38. The molecular weight excluding hydrogens is 327 g/mol. The predicted octanol–water partition coefficient (Wildman–Crippen LogP) is 1.07. The van der Waals surface area contributed by atoms with Gasteiger partial charge in [0.2, 0.25) is 0 Å². The standard InChI is InChI=1S/C12H11AsN2O5/c16-8-5-6-11(12(17)7-8)15-14-10-4-2-1-3-9(10)13(18,19)20/h1-7,16-17H,(H2,18,19,20). The van der Waals surface area contributed by atoms with E-state index in [9.17, 15) is 17.0 Å². The molecule has 0 saturated carbocycles. The zero-order valence-electron chi connectivity index (χ0n) is 10.1. The van der Waals surface area contributed by atoms with E-state index in [0.29, 0.717) is 0 Å². The molecule has 0 atom stereocenters. The Morgan fingerprint density at radius 3 is 2.20 bits per heavy atom. The van der Waals surface area contributed by atoms with Gasteiger partial charge in [-0.1, -0.05) is 0 Å². The van der Waals surface area contributed by atoms with Gasteiger partial charge in [0.05, 0.1) is 0 Å². The Kier molecular flexibility index (Phi) is 3.94. The monoisotopic (exact) mass is 338 g/mol. The van der Waals surface area contributed by atoms with Gasteiger partial charge in [-0.2, -0.15) is 0 Å². The summed E-state index contributed by atoms with van der Waals surface area (Å²) in [4.78, 5) is 0. The summed E-state index contributed by atoms with van der Waals surface area (Å²) in [6.45, 7) is 0. The van der Waals surface area contributed by atoms with Gasteiger partial charge in [-0.15, -0.1) is 0 Å². The molecule has 2 aromatic rings. The summed E-state index contributed by atoms with van der Waals surface area (Å²) in [6, 6.07) is 9.49. The van der Waals surface area contributed by atoms with Crippen LogP contribution in [0.25, 0.3) is 0 Å². The van der Waals surface area contributed by atoms with Crippen LogP contribution in [-0.2, 0) is 3.74 Å². The number of benzene rings is 2. The molecule has 20 heavy (non-hydrogen) atoms. The second-order valence-corrected chi connectivity index (χ2v) is 7.20. The van der Waals surface area contributed by atoms with Crippen molar-refractivity contribution < 1.29 is 22.1 Å². The Morgan fingerprint density at radius 1 is 0.900 bits per heavy atom. The minimum atomic E-state index is -5.09. The fraction of sp³-hybridized carbons (Fsp3) is 0. The van der Waals surface area contributed by atoms with Gasteiger partial charge < -0.3 is 0 Å². The summed E-state index contributed by atoms with van der Waals surface area (Å²) in [6.07, 6.45) is 0. The zero-order valence-corrected chi connectivity index (χ0v) is 12.0. The topological polar surface area (TPSA) is 123 Å². The van der Waals surface area contributed by atoms with E-state index in [4.69, 9.17) is 5.11 Å². The molecule has 0 aromatic heterocycles.